The molecule has 2 bridgehead atoms. The van der Waals surface area contributed by atoms with E-state index < -0.39 is 0 Å². The van der Waals surface area contributed by atoms with Crippen molar-refractivity contribution < 1.29 is 23.9 Å². The van der Waals surface area contributed by atoms with Crippen molar-refractivity contribution in [2.24, 2.45) is 29.6 Å². The third-order valence-electron chi connectivity index (χ3n) is 5.72. The number of rotatable bonds is 5. The molecular weight excluding hydrogens is 334 g/mol. The van der Waals surface area contributed by atoms with Crippen molar-refractivity contribution in [3.8, 4) is 0 Å². The Labute approximate surface area is 152 Å². The first-order valence-electron chi connectivity index (χ1n) is 9.22. The SMILES string of the molecule is CC(C)COC(=O)c1ccc(NC(=O)[C@H]2[C@@H]3C[C@@H]4[C@@H]2C(=O)O[C@@H]4C3)cc1. The molecular formula is C20H23NO5. The molecule has 0 spiro atoms. The summed E-state index contributed by atoms with van der Waals surface area (Å²) in [5.74, 6) is -0.595. The van der Waals surface area contributed by atoms with Crippen molar-refractivity contribution >= 4 is 23.5 Å². The van der Waals surface area contributed by atoms with Crippen LogP contribution in [-0.2, 0) is 19.1 Å². The molecule has 26 heavy (non-hydrogen) atoms. The molecule has 2 saturated carbocycles. The molecule has 3 aliphatic rings. The third-order valence-corrected chi connectivity index (χ3v) is 5.72. The number of carbonyl (C=O) groups is 3. The standard InChI is InChI=1S/C20H23NO5/c1-10(2)9-25-19(23)11-3-5-13(6-4-11)21-18(22)16-12-7-14-15(8-12)26-20(24)17(14)16/h3-6,10,12,14-17H,7-9H2,1-2H3,(H,21,22)/t12-,14+,15-,16+,17+/m1/s1. The Hall–Kier alpha value is -2.37. The summed E-state index contributed by atoms with van der Waals surface area (Å²) < 4.78 is 10.6. The summed E-state index contributed by atoms with van der Waals surface area (Å²) in [7, 11) is 0. The largest absolute Gasteiger partial charge is 0.462 e. The zero-order valence-corrected chi connectivity index (χ0v) is 14.9. The zero-order valence-electron chi connectivity index (χ0n) is 14.9. The number of esters is 2. The minimum atomic E-state index is -0.371. The molecule has 1 amide bonds. The lowest BCUT2D eigenvalue weighted by atomic mass is 9.79. The molecule has 2 aliphatic carbocycles. The fraction of sp³-hybridized carbons (Fsp3) is 0.550. The highest BCUT2D eigenvalue weighted by Crippen LogP contribution is 2.57. The van der Waals surface area contributed by atoms with Crippen LogP contribution in [0.3, 0.4) is 0 Å². The summed E-state index contributed by atoms with van der Waals surface area (Å²) in [5.41, 5.74) is 1.06. The molecule has 0 radical (unpaired) electrons. The topological polar surface area (TPSA) is 81.7 Å². The van der Waals surface area contributed by atoms with Gasteiger partial charge in [-0.25, -0.2) is 4.79 Å². The van der Waals surface area contributed by atoms with Gasteiger partial charge in [-0.2, -0.15) is 0 Å². The van der Waals surface area contributed by atoms with E-state index >= 15 is 0 Å². The van der Waals surface area contributed by atoms with Gasteiger partial charge in [0.2, 0.25) is 5.91 Å². The smallest absolute Gasteiger partial charge is 0.338 e. The van der Waals surface area contributed by atoms with E-state index in [0.29, 0.717) is 17.9 Å². The molecule has 6 heteroatoms. The van der Waals surface area contributed by atoms with Crippen molar-refractivity contribution in [1.29, 1.82) is 0 Å². The first-order chi connectivity index (χ1) is 12.4. The number of benzene rings is 1. The number of ether oxygens (including phenoxy) is 2. The summed E-state index contributed by atoms with van der Waals surface area (Å²) in [6.07, 6.45) is 1.73. The van der Waals surface area contributed by atoms with Crippen molar-refractivity contribution in [1.82, 2.24) is 0 Å². The second-order valence-electron chi connectivity index (χ2n) is 7.98. The van der Waals surface area contributed by atoms with Crippen LogP contribution in [0.4, 0.5) is 5.69 Å². The lowest BCUT2D eigenvalue weighted by molar-refractivity contribution is -0.145. The first-order valence-corrected chi connectivity index (χ1v) is 9.22. The summed E-state index contributed by atoms with van der Waals surface area (Å²) in [5, 5.41) is 2.89. The maximum absolute atomic E-state index is 12.7. The predicted octanol–water partition coefficient (Wildman–Crippen LogP) is 2.64. The molecule has 5 atom stereocenters. The van der Waals surface area contributed by atoms with Crippen LogP contribution >= 0.6 is 0 Å². The number of carbonyl (C=O) groups excluding carboxylic acids is 3. The summed E-state index contributed by atoms with van der Waals surface area (Å²) >= 11 is 0. The van der Waals surface area contributed by atoms with E-state index in [2.05, 4.69) is 5.32 Å². The Morgan fingerprint density at radius 2 is 1.96 bits per heavy atom. The van der Waals surface area contributed by atoms with Gasteiger partial charge in [-0.3, -0.25) is 9.59 Å². The van der Waals surface area contributed by atoms with E-state index in [1.807, 2.05) is 13.8 Å². The van der Waals surface area contributed by atoms with Crippen molar-refractivity contribution in [3.05, 3.63) is 29.8 Å². The molecule has 4 rings (SSSR count). The van der Waals surface area contributed by atoms with E-state index in [1.54, 1.807) is 24.3 Å². The van der Waals surface area contributed by atoms with Crippen LogP contribution in [0, 0.1) is 29.6 Å². The van der Waals surface area contributed by atoms with Crippen molar-refractivity contribution in [2.45, 2.75) is 32.8 Å². The van der Waals surface area contributed by atoms with E-state index in [0.717, 1.165) is 12.8 Å². The van der Waals surface area contributed by atoms with Gasteiger partial charge in [-0.1, -0.05) is 13.8 Å². The Morgan fingerprint density at radius 3 is 2.65 bits per heavy atom. The Kier molecular flexibility index (Phi) is 4.21. The van der Waals surface area contributed by atoms with Crippen LogP contribution in [0.1, 0.15) is 37.0 Å². The Morgan fingerprint density at radius 1 is 1.23 bits per heavy atom. The first kappa shape index (κ1) is 17.1. The van der Waals surface area contributed by atoms with Crippen LogP contribution in [0.15, 0.2) is 24.3 Å². The number of hydrogen-bond donors (Lipinski definition) is 1. The molecule has 1 aromatic rings. The molecule has 3 fully saturated rings. The fourth-order valence-corrected chi connectivity index (χ4v) is 4.60. The lowest BCUT2D eigenvalue weighted by Gasteiger charge is -2.23. The molecule has 0 unspecified atom stereocenters. The minimum absolute atomic E-state index is 0.0256. The summed E-state index contributed by atoms with van der Waals surface area (Å²) in [6.45, 7) is 4.33. The second-order valence-corrected chi connectivity index (χ2v) is 7.98. The quantitative estimate of drug-likeness (QED) is 0.819. The summed E-state index contributed by atoms with van der Waals surface area (Å²) in [6, 6.07) is 6.65. The highest BCUT2D eigenvalue weighted by atomic mass is 16.6. The molecule has 1 saturated heterocycles. The van der Waals surface area contributed by atoms with Gasteiger partial charge in [0.15, 0.2) is 0 Å². The fourth-order valence-electron chi connectivity index (χ4n) is 4.60. The molecule has 1 heterocycles. The number of anilines is 1. The van der Waals surface area contributed by atoms with Gasteiger partial charge in [-0.05, 0) is 48.9 Å². The zero-order chi connectivity index (χ0) is 18.4. The number of amides is 1. The highest BCUT2D eigenvalue weighted by molar-refractivity contribution is 5.97. The van der Waals surface area contributed by atoms with Gasteiger partial charge in [0.25, 0.3) is 0 Å². The van der Waals surface area contributed by atoms with E-state index in [1.165, 1.54) is 0 Å². The van der Waals surface area contributed by atoms with Gasteiger partial charge < -0.3 is 14.8 Å². The normalized spacial score (nSPS) is 31.2. The number of nitrogens with one attached hydrogen (secondary N) is 1. The molecule has 1 N–H and O–H groups in total. The second kappa shape index (κ2) is 6.41. The van der Waals surface area contributed by atoms with Crippen molar-refractivity contribution in [3.63, 3.8) is 0 Å². The van der Waals surface area contributed by atoms with Gasteiger partial charge in [0.05, 0.1) is 24.0 Å². The highest BCUT2D eigenvalue weighted by Gasteiger charge is 2.63. The van der Waals surface area contributed by atoms with Gasteiger partial charge in [-0.15, -0.1) is 0 Å². The summed E-state index contributed by atoms with van der Waals surface area (Å²) in [4.78, 5) is 36.7. The monoisotopic (exact) mass is 357 g/mol. The third kappa shape index (κ3) is 2.87. The van der Waals surface area contributed by atoms with Crippen LogP contribution in [0.5, 0.6) is 0 Å². The van der Waals surface area contributed by atoms with E-state index in [9.17, 15) is 14.4 Å². The molecule has 6 nitrogen and oxygen atoms in total. The van der Waals surface area contributed by atoms with Crippen LogP contribution < -0.4 is 5.32 Å². The van der Waals surface area contributed by atoms with Gasteiger partial charge in [0.1, 0.15) is 6.10 Å². The molecule has 1 aromatic carbocycles. The average Bonchev–Trinajstić information content (AvgIpc) is 3.22. The number of hydrogen-bond acceptors (Lipinski definition) is 5. The van der Waals surface area contributed by atoms with Crippen LogP contribution in [0.2, 0.25) is 0 Å². The molecule has 0 aromatic heterocycles. The van der Waals surface area contributed by atoms with E-state index in [4.69, 9.17) is 9.47 Å². The lowest BCUT2D eigenvalue weighted by Crippen LogP contribution is -2.35. The molecule has 1 aliphatic heterocycles. The maximum Gasteiger partial charge on any atom is 0.338 e. The number of fused-ring (bicyclic) bond motifs is 1. The Balaban J connectivity index is 1.39. The molecule has 138 valence electrons. The van der Waals surface area contributed by atoms with Gasteiger partial charge in [0, 0.05) is 11.6 Å². The van der Waals surface area contributed by atoms with Crippen LogP contribution in [0.25, 0.3) is 0 Å². The Bertz CT molecular complexity index is 739. The van der Waals surface area contributed by atoms with E-state index in [-0.39, 0.29) is 53.5 Å². The minimum Gasteiger partial charge on any atom is -0.462 e. The predicted molar refractivity (Wildman–Crippen MR) is 93.3 cm³/mol. The van der Waals surface area contributed by atoms with Gasteiger partial charge >= 0.3 is 11.9 Å². The maximum atomic E-state index is 12.7. The van der Waals surface area contributed by atoms with Crippen LogP contribution in [-0.4, -0.2) is 30.6 Å². The average molecular weight is 357 g/mol. The van der Waals surface area contributed by atoms with Crippen molar-refractivity contribution in [2.75, 3.05) is 11.9 Å².